The van der Waals surface area contributed by atoms with Gasteiger partial charge in [0, 0.05) is 12.6 Å². The first-order chi connectivity index (χ1) is 14.0. The fraction of sp³-hybridized carbons (Fsp3) is 0.273. The van der Waals surface area contributed by atoms with Crippen molar-refractivity contribution in [3.63, 3.8) is 0 Å². The minimum Gasteiger partial charge on any atom is -0.491 e. The Labute approximate surface area is 169 Å². The molecule has 2 aliphatic rings. The summed E-state index contributed by atoms with van der Waals surface area (Å²) in [6.07, 6.45) is 7.09. The lowest BCUT2D eigenvalue weighted by molar-refractivity contribution is -0.119. The molecule has 7 nitrogen and oxygen atoms in total. The van der Waals surface area contributed by atoms with Gasteiger partial charge in [0.15, 0.2) is 0 Å². The van der Waals surface area contributed by atoms with E-state index < -0.39 is 12.2 Å². The van der Waals surface area contributed by atoms with Crippen molar-refractivity contribution in [1.29, 1.82) is 0 Å². The summed E-state index contributed by atoms with van der Waals surface area (Å²) in [6.45, 7) is 6.01. The maximum atomic E-state index is 12.1. The Balaban J connectivity index is 1.70. The number of nitrogens with zero attached hydrogens (tertiary/aromatic N) is 1. The Morgan fingerprint density at radius 2 is 2.14 bits per heavy atom. The molecule has 7 heteroatoms. The maximum absolute atomic E-state index is 12.1. The van der Waals surface area contributed by atoms with Crippen LogP contribution in [0.3, 0.4) is 0 Å². The molecule has 0 radical (unpaired) electrons. The number of carbonyl (C=O) groups excluding carboxylic acids is 2. The van der Waals surface area contributed by atoms with Crippen molar-refractivity contribution in [3.8, 4) is 0 Å². The third-order valence-corrected chi connectivity index (χ3v) is 4.51. The van der Waals surface area contributed by atoms with Crippen LogP contribution in [0.2, 0.25) is 0 Å². The number of hydrogen-bond donors (Lipinski definition) is 2. The van der Waals surface area contributed by atoms with Crippen LogP contribution in [-0.4, -0.2) is 49.0 Å². The fourth-order valence-electron chi connectivity index (χ4n) is 3.03. The summed E-state index contributed by atoms with van der Waals surface area (Å²) in [7, 11) is 0. The van der Waals surface area contributed by atoms with Crippen LogP contribution in [0.5, 0.6) is 0 Å². The normalized spacial score (nSPS) is 21.0. The van der Waals surface area contributed by atoms with Gasteiger partial charge in [0.05, 0.1) is 13.1 Å². The molecule has 1 saturated heterocycles. The van der Waals surface area contributed by atoms with Crippen LogP contribution in [0.4, 0.5) is 10.5 Å². The van der Waals surface area contributed by atoms with E-state index in [2.05, 4.69) is 11.9 Å². The summed E-state index contributed by atoms with van der Waals surface area (Å²) in [5.41, 5.74) is 2.55. The number of rotatable bonds is 7. The molecule has 0 bridgehead atoms. The van der Waals surface area contributed by atoms with E-state index in [-0.39, 0.29) is 18.6 Å². The number of hydrogen-bond acceptors (Lipinski definition) is 5. The fourth-order valence-corrected chi connectivity index (χ4v) is 3.03. The van der Waals surface area contributed by atoms with Crippen molar-refractivity contribution >= 4 is 23.3 Å². The zero-order chi connectivity index (χ0) is 20.8. The monoisotopic (exact) mass is 396 g/mol. The molecule has 0 aromatic heterocycles. The molecule has 2 N–H and O–H groups in total. The van der Waals surface area contributed by atoms with Gasteiger partial charge in [-0.2, -0.15) is 0 Å². The zero-order valence-corrected chi connectivity index (χ0v) is 16.2. The molecule has 0 saturated carbocycles. The van der Waals surface area contributed by atoms with Gasteiger partial charge in [-0.1, -0.05) is 36.9 Å². The molecule has 2 atom stereocenters. The Bertz CT molecular complexity index is 870. The lowest BCUT2D eigenvalue weighted by Crippen LogP contribution is -2.33. The van der Waals surface area contributed by atoms with Crippen molar-refractivity contribution in [2.75, 3.05) is 24.6 Å². The van der Waals surface area contributed by atoms with Gasteiger partial charge in [-0.05, 0) is 35.4 Å². The van der Waals surface area contributed by atoms with Crippen LogP contribution < -0.4 is 10.2 Å². The first-order valence-corrected chi connectivity index (χ1v) is 9.33. The van der Waals surface area contributed by atoms with Gasteiger partial charge >= 0.3 is 6.09 Å². The van der Waals surface area contributed by atoms with Gasteiger partial charge in [-0.15, -0.1) is 0 Å². The molecule has 1 aromatic carbocycles. The molecule has 1 aliphatic heterocycles. The van der Waals surface area contributed by atoms with Crippen LogP contribution in [0.25, 0.3) is 5.57 Å². The van der Waals surface area contributed by atoms with E-state index in [0.717, 1.165) is 11.1 Å². The van der Waals surface area contributed by atoms with Gasteiger partial charge in [0.25, 0.3) is 0 Å². The average Bonchev–Trinajstić information content (AvgIpc) is 2.98. The quantitative estimate of drug-likeness (QED) is 0.692. The van der Waals surface area contributed by atoms with Crippen LogP contribution in [0.15, 0.2) is 67.0 Å². The van der Waals surface area contributed by atoms with E-state index in [1.807, 2.05) is 36.4 Å². The second-order valence-corrected chi connectivity index (χ2v) is 6.70. The molecule has 2 amide bonds. The van der Waals surface area contributed by atoms with E-state index in [9.17, 15) is 14.7 Å². The molecule has 2 unspecified atom stereocenters. The molecule has 29 heavy (non-hydrogen) atoms. The summed E-state index contributed by atoms with van der Waals surface area (Å²) in [4.78, 5) is 24.7. The highest BCUT2D eigenvalue weighted by molar-refractivity contribution is 5.90. The summed E-state index contributed by atoms with van der Waals surface area (Å²) in [6, 6.07) is 7.48. The highest BCUT2D eigenvalue weighted by Crippen LogP contribution is 2.26. The van der Waals surface area contributed by atoms with E-state index in [1.54, 1.807) is 23.1 Å². The van der Waals surface area contributed by atoms with Gasteiger partial charge < -0.3 is 19.9 Å². The van der Waals surface area contributed by atoms with Crippen LogP contribution in [0, 0.1) is 0 Å². The highest BCUT2D eigenvalue weighted by Gasteiger charge is 2.32. The van der Waals surface area contributed by atoms with Crippen molar-refractivity contribution in [1.82, 2.24) is 5.32 Å². The minimum absolute atomic E-state index is 0.161. The molecule has 1 aromatic rings. The Morgan fingerprint density at radius 3 is 2.83 bits per heavy atom. The molecular formula is C22H24N2O5. The largest absolute Gasteiger partial charge is 0.491 e. The number of cyclic esters (lactones) is 1. The lowest BCUT2D eigenvalue weighted by Gasteiger charge is -2.14. The van der Waals surface area contributed by atoms with Crippen LogP contribution in [0.1, 0.15) is 12.5 Å². The van der Waals surface area contributed by atoms with E-state index in [0.29, 0.717) is 24.6 Å². The predicted octanol–water partition coefficient (Wildman–Crippen LogP) is 2.55. The Morgan fingerprint density at radius 1 is 1.38 bits per heavy atom. The van der Waals surface area contributed by atoms with Crippen LogP contribution in [-0.2, 0) is 14.3 Å². The molecule has 1 aliphatic carbocycles. The second kappa shape index (κ2) is 9.25. The predicted molar refractivity (Wildman–Crippen MR) is 110 cm³/mol. The van der Waals surface area contributed by atoms with E-state index in [1.165, 1.54) is 6.92 Å². The third kappa shape index (κ3) is 5.14. The number of ether oxygens (including phenoxy) is 2. The Hall–Kier alpha value is -3.32. The SMILES string of the molecule is C=CCOC1=CC=C(c2ccc(N3CC(CNC(C)=O)OC3=O)cc2)C=CC1O. The van der Waals surface area contributed by atoms with Crippen LogP contribution >= 0.6 is 0 Å². The number of anilines is 1. The van der Waals surface area contributed by atoms with Crippen molar-refractivity contribution in [3.05, 3.63) is 72.5 Å². The third-order valence-electron chi connectivity index (χ3n) is 4.51. The lowest BCUT2D eigenvalue weighted by atomic mass is 10.0. The molecule has 1 fully saturated rings. The zero-order valence-electron chi connectivity index (χ0n) is 16.2. The van der Waals surface area contributed by atoms with Gasteiger partial charge in [-0.25, -0.2) is 4.79 Å². The first-order valence-electron chi connectivity index (χ1n) is 9.33. The summed E-state index contributed by atoms with van der Waals surface area (Å²) < 4.78 is 10.8. The summed E-state index contributed by atoms with van der Waals surface area (Å²) in [5, 5.41) is 12.8. The standard InChI is InChI=1S/C22H24N2O5/c1-3-12-28-21-11-7-17(6-10-20(21)26)16-4-8-18(9-5-16)24-14-19(29-22(24)27)13-23-15(2)25/h3-11,19-20,26H,1,12-14H2,2H3,(H,23,25). The van der Waals surface area contributed by atoms with E-state index in [4.69, 9.17) is 9.47 Å². The molecular weight excluding hydrogens is 372 g/mol. The van der Waals surface area contributed by atoms with Gasteiger partial charge in [0.2, 0.25) is 5.91 Å². The topological polar surface area (TPSA) is 88.1 Å². The number of amides is 2. The summed E-state index contributed by atoms with van der Waals surface area (Å²) >= 11 is 0. The van der Waals surface area contributed by atoms with Crippen molar-refractivity contribution in [2.45, 2.75) is 19.1 Å². The molecule has 0 spiro atoms. The number of aliphatic hydroxyl groups is 1. The van der Waals surface area contributed by atoms with Gasteiger partial charge in [0.1, 0.15) is 24.6 Å². The maximum Gasteiger partial charge on any atom is 0.414 e. The minimum atomic E-state index is -0.817. The number of aliphatic hydroxyl groups excluding tert-OH is 1. The second-order valence-electron chi connectivity index (χ2n) is 6.70. The van der Waals surface area contributed by atoms with Gasteiger partial charge in [-0.3, -0.25) is 9.69 Å². The first kappa shape index (κ1) is 20.4. The smallest absolute Gasteiger partial charge is 0.414 e. The average molecular weight is 396 g/mol. The molecule has 152 valence electrons. The summed E-state index contributed by atoms with van der Waals surface area (Å²) in [5.74, 6) is 0.295. The number of allylic oxidation sites excluding steroid dienone is 4. The van der Waals surface area contributed by atoms with Crippen molar-refractivity contribution in [2.24, 2.45) is 0 Å². The number of benzene rings is 1. The van der Waals surface area contributed by atoms with Crippen molar-refractivity contribution < 1.29 is 24.2 Å². The molecule has 3 rings (SSSR count). The number of nitrogens with one attached hydrogen (secondary N) is 1. The highest BCUT2D eigenvalue weighted by atomic mass is 16.6. The Kier molecular flexibility index (Phi) is 6.51. The van der Waals surface area contributed by atoms with E-state index >= 15 is 0 Å². The number of carbonyl (C=O) groups is 2. The molecule has 1 heterocycles.